The number of hydrogen-bond donors (Lipinski definition) is 0. The third-order valence-electron chi connectivity index (χ3n) is 3.98. The molecular formula is C15H13ClFNO2. The molecule has 1 aliphatic carbocycles. The van der Waals surface area contributed by atoms with E-state index in [1.807, 2.05) is 13.0 Å². The van der Waals surface area contributed by atoms with Crippen LogP contribution in [0.4, 0.5) is 10.1 Å². The number of anilines is 1. The maximum absolute atomic E-state index is 13.2. The molecule has 5 heteroatoms. The number of amides is 2. The Morgan fingerprint density at radius 1 is 1.25 bits per heavy atom. The van der Waals surface area contributed by atoms with E-state index in [0.29, 0.717) is 18.5 Å². The summed E-state index contributed by atoms with van der Waals surface area (Å²) in [7, 11) is 0. The summed E-state index contributed by atoms with van der Waals surface area (Å²) in [6.07, 6.45) is 3.21. The summed E-state index contributed by atoms with van der Waals surface area (Å²) >= 11 is 5.73. The lowest BCUT2D eigenvalue weighted by atomic mass is 9.82. The fraction of sp³-hybridized carbons (Fsp3) is 0.333. The Morgan fingerprint density at radius 3 is 2.65 bits per heavy atom. The second-order valence-electron chi connectivity index (χ2n) is 5.31. The molecule has 2 atom stereocenters. The molecule has 0 N–H and O–H groups in total. The topological polar surface area (TPSA) is 37.4 Å². The molecular weight excluding hydrogens is 281 g/mol. The first-order chi connectivity index (χ1) is 9.49. The number of nitrogens with zero attached hydrogens (tertiary/aromatic N) is 1. The van der Waals surface area contributed by atoms with Gasteiger partial charge < -0.3 is 0 Å². The van der Waals surface area contributed by atoms with Crippen molar-refractivity contribution in [1.29, 1.82) is 0 Å². The quantitative estimate of drug-likeness (QED) is 0.588. The molecule has 0 saturated carbocycles. The van der Waals surface area contributed by atoms with Gasteiger partial charge in [0.05, 0.1) is 22.5 Å². The first-order valence-corrected chi connectivity index (χ1v) is 6.85. The summed E-state index contributed by atoms with van der Waals surface area (Å²) in [5.74, 6) is -1.59. The van der Waals surface area contributed by atoms with E-state index in [1.54, 1.807) is 0 Å². The van der Waals surface area contributed by atoms with E-state index in [4.69, 9.17) is 11.6 Å². The fourth-order valence-corrected chi connectivity index (χ4v) is 3.09. The van der Waals surface area contributed by atoms with Crippen LogP contribution in [0.25, 0.3) is 0 Å². The average molecular weight is 294 g/mol. The highest BCUT2D eigenvalue weighted by Crippen LogP contribution is 2.40. The van der Waals surface area contributed by atoms with Gasteiger partial charge in [0.15, 0.2) is 0 Å². The van der Waals surface area contributed by atoms with E-state index < -0.39 is 5.82 Å². The van der Waals surface area contributed by atoms with Crippen molar-refractivity contribution in [3.8, 4) is 0 Å². The van der Waals surface area contributed by atoms with Crippen molar-refractivity contribution in [3.63, 3.8) is 0 Å². The van der Waals surface area contributed by atoms with Crippen LogP contribution in [0, 0.1) is 17.7 Å². The van der Waals surface area contributed by atoms with Crippen LogP contribution >= 0.6 is 11.6 Å². The number of rotatable bonds is 1. The van der Waals surface area contributed by atoms with Crippen molar-refractivity contribution >= 4 is 29.1 Å². The summed E-state index contributed by atoms with van der Waals surface area (Å²) in [4.78, 5) is 26.0. The molecule has 3 rings (SSSR count). The van der Waals surface area contributed by atoms with Crippen LogP contribution in [-0.2, 0) is 9.59 Å². The molecule has 1 aromatic rings. The fourth-order valence-electron chi connectivity index (χ4n) is 2.92. The van der Waals surface area contributed by atoms with Gasteiger partial charge in [0.25, 0.3) is 0 Å². The Hall–Kier alpha value is -1.68. The largest absolute Gasteiger partial charge is 0.274 e. The number of hydrogen-bond acceptors (Lipinski definition) is 2. The van der Waals surface area contributed by atoms with Gasteiger partial charge in [-0.1, -0.05) is 23.3 Å². The lowest BCUT2D eigenvalue weighted by molar-refractivity contribution is -0.122. The van der Waals surface area contributed by atoms with Gasteiger partial charge in [0.2, 0.25) is 11.8 Å². The zero-order valence-electron chi connectivity index (χ0n) is 10.9. The Balaban J connectivity index is 1.97. The van der Waals surface area contributed by atoms with Crippen LogP contribution in [0.3, 0.4) is 0 Å². The standard InChI is InChI=1S/C15H13ClFNO2/c1-8-2-4-10-11(6-8)15(20)18(14(10)19)9-3-5-13(17)12(16)7-9/h2-3,5,7,10-11H,4,6H2,1H3/t10-,11+/m1/s1. The zero-order chi connectivity index (χ0) is 14.4. The molecule has 20 heavy (non-hydrogen) atoms. The predicted octanol–water partition coefficient (Wildman–Crippen LogP) is 3.32. The normalized spacial score (nSPS) is 25.8. The van der Waals surface area contributed by atoms with Crippen molar-refractivity contribution in [2.24, 2.45) is 11.8 Å². The SMILES string of the molecule is CC1=CC[C@H]2C(=O)N(c3ccc(F)c(Cl)c3)C(=O)[C@H]2C1. The van der Waals surface area contributed by atoms with Gasteiger partial charge in [-0.15, -0.1) is 0 Å². The number of carbonyl (C=O) groups is 2. The van der Waals surface area contributed by atoms with Crippen molar-refractivity contribution in [2.75, 3.05) is 4.90 Å². The van der Waals surface area contributed by atoms with Gasteiger partial charge in [-0.2, -0.15) is 0 Å². The minimum absolute atomic E-state index is 0.0905. The second-order valence-corrected chi connectivity index (χ2v) is 5.72. The van der Waals surface area contributed by atoms with E-state index in [2.05, 4.69) is 0 Å². The first kappa shape index (κ1) is 13.3. The molecule has 3 nitrogen and oxygen atoms in total. The van der Waals surface area contributed by atoms with Gasteiger partial charge in [0.1, 0.15) is 5.82 Å². The van der Waals surface area contributed by atoms with Crippen LogP contribution < -0.4 is 4.90 Å². The smallest absolute Gasteiger partial charge is 0.238 e. The van der Waals surface area contributed by atoms with Crippen molar-refractivity contribution in [2.45, 2.75) is 19.8 Å². The summed E-state index contributed by atoms with van der Waals surface area (Å²) in [6, 6.07) is 3.91. The monoisotopic (exact) mass is 293 g/mol. The lowest BCUT2D eigenvalue weighted by Gasteiger charge is -2.18. The number of imide groups is 1. The molecule has 2 aliphatic rings. The molecule has 2 amide bonds. The van der Waals surface area contributed by atoms with Gasteiger partial charge in [-0.05, 0) is 38.0 Å². The molecule has 1 fully saturated rings. The second kappa shape index (κ2) is 4.70. The molecule has 0 unspecified atom stereocenters. The van der Waals surface area contributed by atoms with Crippen LogP contribution in [-0.4, -0.2) is 11.8 Å². The molecule has 104 valence electrons. The van der Waals surface area contributed by atoms with E-state index in [9.17, 15) is 14.0 Å². The van der Waals surface area contributed by atoms with Crippen LogP contribution in [0.15, 0.2) is 29.8 Å². The van der Waals surface area contributed by atoms with E-state index in [0.717, 1.165) is 10.5 Å². The highest BCUT2D eigenvalue weighted by atomic mass is 35.5. The highest BCUT2D eigenvalue weighted by molar-refractivity contribution is 6.31. The number of allylic oxidation sites excluding steroid dienone is 2. The predicted molar refractivity (Wildman–Crippen MR) is 73.9 cm³/mol. The molecule has 1 heterocycles. The molecule has 1 saturated heterocycles. The molecule has 1 aromatic carbocycles. The number of fused-ring (bicyclic) bond motifs is 1. The highest BCUT2D eigenvalue weighted by Gasteiger charge is 2.48. The maximum atomic E-state index is 13.2. The van der Waals surface area contributed by atoms with Crippen molar-refractivity contribution in [1.82, 2.24) is 0 Å². The number of halogens is 2. The van der Waals surface area contributed by atoms with Crippen LogP contribution in [0.1, 0.15) is 19.8 Å². The minimum atomic E-state index is -0.565. The Morgan fingerprint density at radius 2 is 1.95 bits per heavy atom. The van der Waals surface area contributed by atoms with E-state index in [-0.39, 0.29) is 28.7 Å². The van der Waals surface area contributed by atoms with Crippen LogP contribution in [0.5, 0.6) is 0 Å². The lowest BCUT2D eigenvalue weighted by Crippen LogP contribution is -2.30. The van der Waals surface area contributed by atoms with Gasteiger partial charge in [-0.25, -0.2) is 9.29 Å². The molecule has 0 spiro atoms. The minimum Gasteiger partial charge on any atom is -0.274 e. The third kappa shape index (κ3) is 1.95. The van der Waals surface area contributed by atoms with Gasteiger partial charge in [-0.3, -0.25) is 9.59 Å². The summed E-state index contributed by atoms with van der Waals surface area (Å²) in [6.45, 7) is 1.96. The summed E-state index contributed by atoms with van der Waals surface area (Å²) in [5.41, 5.74) is 1.48. The van der Waals surface area contributed by atoms with E-state index in [1.165, 1.54) is 18.2 Å². The first-order valence-electron chi connectivity index (χ1n) is 6.47. The molecule has 0 radical (unpaired) electrons. The van der Waals surface area contributed by atoms with Crippen molar-refractivity contribution in [3.05, 3.63) is 40.7 Å². The zero-order valence-corrected chi connectivity index (χ0v) is 11.7. The maximum Gasteiger partial charge on any atom is 0.238 e. The summed E-state index contributed by atoms with van der Waals surface area (Å²) < 4.78 is 13.2. The average Bonchev–Trinajstić information content (AvgIpc) is 2.65. The summed E-state index contributed by atoms with van der Waals surface area (Å²) in [5, 5.41) is -0.0905. The Kier molecular flexibility index (Phi) is 3.13. The molecule has 0 aromatic heterocycles. The van der Waals surface area contributed by atoms with Gasteiger partial charge >= 0.3 is 0 Å². The van der Waals surface area contributed by atoms with E-state index >= 15 is 0 Å². The molecule has 0 bridgehead atoms. The third-order valence-corrected chi connectivity index (χ3v) is 4.27. The Bertz CT molecular complexity index is 641. The van der Waals surface area contributed by atoms with Crippen molar-refractivity contribution < 1.29 is 14.0 Å². The van der Waals surface area contributed by atoms with Gasteiger partial charge in [0, 0.05) is 0 Å². The molecule has 1 aliphatic heterocycles. The number of benzene rings is 1. The van der Waals surface area contributed by atoms with Crippen LogP contribution in [0.2, 0.25) is 5.02 Å². The number of carbonyl (C=O) groups excluding carboxylic acids is 2. The Labute approximate surface area is 121 Å².